The van der Waals surface area contributed by atoms with Crippen LogP contribution >= 0.6 is 45.5 Å². The Bertz CT molecular complexity index is 505. The van der Waals surface area contributed by atoms with Crippen molar-refractivity contribution < 1.29 is 0 Å². The van der Waals surface area contributed by atoms with E-state index in [0.717, 1.165) is 19.8 Å². The summed E-state index contributed by atoms with van der Waals surface area (Å²) in [5, 5.41) is 3.58. The van der Waals surface area contributed by atoms with Crippen LogP contribution in [0.15, 0.2) is 35.8 Å². The summed E-state index contributed by atoms with van der Waals surface area (Å²) in [5.41, 5.74) is 7.77. The Morgan fingerprint density at radius 3 is 2.56 bits per heavy atom. The number of aromatic nitrogens is 1. The highest BCUT2D eigenvalue weighted by Crippen LogP contribution is 2.30. The van der Waals surface area contributed by atoms with Crippen molar-refractivity contribution in [3.63, 3.8) is 0 Å². The summed E-state index contributed by atoms with van der Waals surface area (Å²) >= 11 is 9.61. The Hall–Kier alpha value is -0.590. The van der Waals surface area contributed by atoms with E-state index in [-0.39, 0.29) is 0 Å². The van der Waals surface area contributed by atoms with Gasteiger partial charge in [-0.25, -0.2) is 4.98 Å². The van der Waals surface area contributed by atoms with Crippen molar-refractivity contribution in [3.05, 3.63) is 51.4 Å². The number of halogens is 2. The minimum atomic E-state index is 0.709. The van der Waals surface area contributed by atoms with Gasteiger partial charge in [0.15, 0.2) is 0 Å². The second-order valence-electron chi connectivity index (χ2n) is 3.07. The van der Waals surface area contributed by atoms with Crippen molar-refractivity contribution in [2.24, 2.45) is 5.73 Å². The monoisotopic (exact) mass is 362 g/mol. The van der Waals surface area contributed by atoms with Gasteiger partial charge in [-0.05, 0) is 40.3 Å². The molecule has 2 aromatic rings. The zero-order valence-corrected chi connectivity index (χ0v) is 11.9. The molecule has 16 heavy (non-hydrogen) atoms. The van der Waals surface area contributed by atoms with E-state index in [1.54, 1.807) is 17.5 Å². The topological polar surface area (TPSA) is 38.9 Å². The van der Waals surface area contributed by atoms with Crippen LogP contribution in [0.3, 0.4) is 0 Å². The first-order chi connectivity index (χ1) is 7.68. The van der Waals surface area contributed by atoms with Crippen molar-refractivity contribution >= 4 is 54.8 Å². The van der Waals surface area contributed by atoms with Gasteiger partial charge in [-0.2, -0.15) is 0 Å². The normalized spacial score (nSPS) is 12.4. The molecule has 0 aliphatic carbocycles. The van der Waals surface area contributed by atoms with Gasteiger partial charge >= 0.3 is 0 Å². The lowest BCUT2D eigenvalue weighted by atomic mass is 10.1. The van der Waals surface area contributed by atoms with Gasteiger partial charge in [-0.1, -0.05) is 23.7 Å². The molecule has 1 heterocycles. The van der Waals surface area contributed by atoms with Gasteiger partial charge in [0.2, 0.25) is 0 Å². The molecular weight excluding hydrogens is 355 g/mol. The van der Waals surface area contributed by atoms with Crippen molar-refractivity contribution in [2.45, 2.75) is 0 Å². The third-order valence-electron chi connectivity index (χ3n) is 2.01. The molecule has 0 atom stereocenters. The van der Waals surface area contributed by atoms with Crippen molar-refractivity contribution in [1.82, 2.24) is 4.98 Å². The molecule has 0 amide bonds. The highest BCUT2D eigenvalue weighted by atomic mass is 127. The van der Waals surface area contributed by atoms with Gasteiger partial charge in [0.1, 0.15) is 5.01 Å². The quantitative estimate of drug-likeness (QED) is 0.820. The number of nitrogens with two attached hydrogens (primary N) is 1. The lowest BCUT2D eigenvalue weighted by Crippen LogP contribution is -1.98. The first-order valence-electron chi connectivity index (χ1n) is 4.49. The van der Waals surface area contributed by atoms with Crippen molar-refractivity contribution in [2.75, 3.05) is 0 Å². The average Bonchev–Trinajstić information content (AvgIpc) is 2.81. The molecule has 2 N–H and O–H groups in total. The maximum atomic E-state index is 6.08. The number of benzene rings is 1. The fourth-order valence-corrected chi connectivity index (χ4v) is 2.75. The van der Waals surface area contributed by atoms with E-state index in [9.17, 15) is 0 Å². The Kier molecular flexibility index (Phi) is 3.83. The average molecular weight is 363 g/mol. The van der Waals surface area contributed by atoms with Crippen LogP contribution in [0.1, 0.15) is 10.6 Å². The zero-order valence-electron chi connectivity index (χ0n) is 8.15. The zero-order chi connectivity index (χ0) is 11.5. The SMILES string of the molecule is NC(=C(I)c1nccs1)c1ccc(Cl)cc1. The minimum Gasteiger partial charge on any atom is -0.397 e. The first-order valence-corrected chi connectivity index (χ1v) is 6.83. The van der Waals surface area contributed by atoms with E-state index in [1.165, 1.54) is 0 Å². The molecule has 82 valence electrons. The summed E-state index contributed by atoms with van der Waals surface area (Å²) in [6, 6.07) is 7.47. The fraction of sp³-hybridized carbons (Fsp3) is 0. The van der Waals surface area contributed by atoms with Gasteiger partial charge in [-0.3, -0.25) is 0 Å². The highest BCUT2D eigenvalue weighted by molar-refractivity contribution is 14.1. The summed E-state index contributed by atoms with van der Waals surface area (Å²) < 4.78 is 0.968. The van der Waals surface area contributed by atoms with E-state index in [1.807, 2.05) is 29.6 Å². The van der Waals surface area contributed by atoms with Crippen LogP contribution in [0.5, 0.6) is 0 Å². The smallest absolute Gasteiger partial charge is 0.131 e. The molecule has 0 fully saturated rings. The summed E-state index contributed by atoms with van der Waals surface area (Å²) in [4.78, 5) is 4.23. The molecule has 0 aliphatic rings. The van der Waals surface area contributed by atoms with Gasteiger partial charge in [0, 0.05) is 16.6 Å². The number of thiazole rings is 1. The van der Waals surface area contributed by atoms with Crippen LogP contribution < -0.4 is 5.73 Å². The summed E-state index contributed by atoms with van der Waals surface area (Å²) in [5.74, 6) is 0. The molecule has 5 heteroatoms. The van der Waals surface area contributed by atoms with Crippen LogP contribution in [0, 0.1) is 0 Å². The Morgan fingerprint density at radius 2 is 2.00 bits per heavy atom. The van der Waals surface area contributed by atoms with Crippen LogP contribution in [-0.2, 0) is 0 Å². The van der Waals surface area contributed by atoms with E-state index in [0.29, 0.717) is 5.02 Å². The van der Waals surface area contributed by atoms with Crippen molar-refractivity contribution in [3.8, 4) is 0 Å². The predicted octanol–water partition coefficient (Wildman–Crippen LogP) is 4.02. The number of rotatable bonds is 2. The first kappa shape index (κ1) is 11.9. The Balaban J connectivity index is 2.40. The molecule has 0 spiro atoms. The van der Waals surface area contributed by atoms with Gasteiger partial charge in [-0.15, -0.1) is 11.3 Å². The maximum Gasteiger partial charge on any atom is 0.131 e. The minimum absolute atomic E-state index is 0.709. The van der Waals surface area contributed by atoms with E-state index in [2.05, 4.69) is 27.6 Å². The standard InChI is InChI=1S/C11H8ClIN2S/c12-8-3-1-7(2-4-8)10(14)9(13)11-15-5-6-16-11/h1-6H,14H2. The molecule has 0 bridgehead atoms. The van der Waals surface area contributed by atoms with Crippen molar-refractivity contribution in [1.29, 1.82) is 0 Å². The highest BCUT2D eigenvalue weighted by Gasteiger charge is 2.07. The predicted molar refractivity (Wildman–Crippen MR) is 78.6 cm³/mol. The number of hydrogen-bond donors (Lipinski definition) is 1. The number of hydrogen-bond acceptors (Lipinski definition) is 3. The third-order valence-corrected chi connectivity index (χ3v) is 4.51. The van der Waals surface area contributed by atoms with Gasteiger partial charge in [0.05, 0.1) is 9.28 Å². The molecule has 0 saturated carbocycles. The maximum absolute atomic E-state index is 6.08. The molecule has 0 saturated heterocycles. The molecule has 1 aromatic carbocycles. The summed E-state index contributed by atoms with van der Waals surface area (Å²) in [7, 11) is 0. The fourth-order valence-electron chi connectivity index (χ4n) is 1.20. The molecule has 2 nitrogen and oxygen atoms in total. The lowest BCUT2D eigenvalue weighted by molar-refractivity contribution is 1.39. The van der Waals surface area contributed by atoms with Crippen LogP contribution in [0.2, 0.25) is 5.02 Å². The number of nitrogens with zero attached hydrogens (tertiary/aromatic N) is 1. The van der Waals surface area contributed by atoms with E-state index in [4.69, 9.17) is 17.3 Å². The van der Waals surface area contributed by atoms with Crippen LogP contribution in [-0.4, -0.2) is 4.98 Å². The second-order valence-corrected chi connectivity index (χ2v) is 5.48. The van der Waals surface area contributed by atoms with Crippen LogP contribution in [0.4, 0.5) is 0 Å². The molecule has 0 aliphatic heterocycles. The largest absolute Gasteiger partial charge is 0.397 e. The summed E-state index contributed by atoms with van der Waals surface area (Å²) in [6.45, 7) is 0. The Labute approximate surface area is 116 Å². The molecule has 1 aromatic heterocycles. The van der Waals surface area contributed by atoms with Gasteiger partial charge in [0.25, 0.3) is 0 Å². The van der Waals surface area contributed by atoms with E-state index < -0.39 is 0 Å². The second kappa shape index (κ2) is 5.16. The molecule has 0 radical (unpaired) electrons. The summed E-state index contributed by atoms with van der Waals surface area (Å²) in [6.07, 6.45) is 1.77. The molecule has 0 unspecified atom stereocenters. The lowest BCUT2D eigenvalue weighted by Gasteiger charge is -2.04. The van der Waals surface area contributed by atoms with Gasteiger partial charge < -0.3 is 5.73 Å². The molecular formula is C11H8ClIN2S. The van der Waals surface area contributed by atoms with E-state index >= 15 is 0 Å². The third kappa shape index (κ3) is 2.56. The van der Waals surface area contributed by atoms with Crippen LogP contribution in [0.25, 0.3) is 9.28 Å². The molecule has 2 rings (SSSR count). The Morgan fingerprint density at radius 1 is 1.31 bits per heavy atom.